The lowest BCUT2D eigenvalue weighted by Gasteiger charge is -2.19. The number of nitrogens with zero attached hydrogens (tertiary/aromatic N) is 4. The number of carbonyl (C=O) groups is 1. The third-order valence-corrected chi connectivity index (χ3v) is 3.48. The Morgan fingerprint density at radius 2 is 2.30 bits per heavy atom. The van der Waals surface area contributed by atoms with Gasteiger partial charge in [0.2, 0.25) is 12.3 Å². The van der Waals surface area contributed by atoms with Crippen LogP contribution in [0, 0.1) is 0 Å². The summed E-state index contributed by atoms with van der Waals surface area (Å²) in [6.45, 7) is 2.24. The van der Waals surface area contributed by atoms with Gasteiger partial charge >= 0.3 is 0 Å². The molecule has 0 bridgehead atoms. The van der Waals surface area contributed by atoms with Crippen molar-refractivity contribution in [2.45, 2.75) is 19.4 Å². The Bertz CT molecular complexity index is 665. The van der Waals surface area contributed by atoms with E-state index in [2.05, 4.69) is 20.3 Å². The van der Waals surface area contributed by atoms with Crippen LogP contribution in [0.3, 0.4) is 0 Å². The molecular formula is C15H17N5O3. The van der Waals surface area contributed by atoms with Crippen molar-refractivity contribution in [3.05, 3.63) is 36.9 Å². The van der Waals surface area contributed by atoms with Gasteiger partial charge in [0.1, 0.15) is 12.1 Å². The number of aromatic nitrogens is 3. The topological polar surface area (TPSA) is 100 Å². The zero-order chi connectivity index (χ0) is 16.2. The van der Waals surface area contributed by atoms with Gasteiger partial charge in [-0.1, -0.05) is 0 Å². The summed E-state index contributed by atoms with van der Waals surface area (Å²) >= 11 is 0. The van der Waals surface area contributed by atoms with Crippen molar-refractivity contribution in [3.63, 3.8) is 0 Å². The molecule has 1 aliphatic rings. The van der Waals surface area contributed by atoms with Crippen LogP contribution in [0.4, 0.5) is 5.82 Å². The molecule has 2 atom stereocenters. The number of rotatable bonds is 4. The fraction of sp³-hybridized carbons (Fsp3) is 0.333. The number of aliphatic hydroxyl groups is 1. The van der Waals surface area contributed by atoms with Gasteiger partial charge in [-0.25, -0.2) is 15.0 Å². The highest BCUT2D eigenvalue weighted by molar-refractivity contribution is 5.72. The van der Waals surface area contributed by atoms with Crippen LogP contribution in [0.2, 0.25) is 0 Å². The molecule has 8 nitrogen and oxygen atoms in total. The van der Waals surface area contributed by atoms with Gasteiger partial charge in [0.25, 0.3) is 0 Å². The first-order chi connectivity index (χ1) is 11.1. The molecule has 120 valence electrons. The Morgan fingerprint density at radius 1 is 1.43 bits per heavy atom. The minimum atomic E-state index is -1.08. The number of pyridine rings is 1. The van der Waals surface area contributed by atoms with E-state index in [9.17, 15) is 9.90 Å². The summed E-state index contributed by atoms with van der Waals surface area (Å²) < 4.78 is 5.40. The van der Waals surface area contributed by atoms with E-state index in [1.165, 1.54) is 13.3 Å². The molecule has 2 aromatic heterocycles. The number of anilines is 1. The van der Waals surface area contributed by atoms with Crippen LogP contribution in [-0.2, 0) is 9.53 Å². The first kappa shape index (κ1) is 15.3. The fourth-order valence-electron chi connectivity index (χ4n) is 2.34. The number of carbonyl (C=O) groups excluding carboxylic acids is 1. The van der Waals surface area contributed by atoms with Crippen molar-refractivity contribution >= 4 is 11.7 Å². The molecule has 0 aromatic carbocycles. The smallest absolute Gasteiger partial charge is 0.239 e. The lowest BCUT2D eigenvalue weighted by atomic mass is 10.2. The van der Waals surface area contributed by atoms with Gasteiger partial charge in [0.05, 0.1) is 18.3 Å². The predicted octanol–water partition coefficient (Wildman–Crippen LogP) is 0.156. The fourth-order valence-corrected chi connectivity index (χ4v) is 2.34. The average molecular weight is 315 g/mol. The van der Waals surface area contributed by atoms with E-state index in [1.807, 2.05) is 6.07 Å². The third-order valence-electron chi connectivity index (χ3n) is 3.48. The molecule has 2 N–H and O–H groups in total. The van der Waals surface area contributed by atoms with E-state index in [4.69, 9.17) is 4.74 Å². The molecule has 3 heterocycles. The Labute approximate surface area is 133 Å². The van der Waals surface area contributed by atoms with Gasteiger partial charge in [0.15, 0.2) is 0 Å². The Morgan fingerprint density at radius 3 is 2.96 bits per heavy atom. The van der Waals surface area contributed by atoms with Gasteiger partial charge < -0.3 is 20.1 Å². The standard InChI is InChI=1S/C15H17N5O3/c1-10(21)17-7-12-8-20(15(22)23-12)14-3-2-11(6-18-14)13-4-5-16-9-19-13/h2-6,9,12,15,22H,7-8H2,1H3,(H,17,21)/t12-,15-/m0/s1. The highest BCUT2D eigenvalue weighted by Gasteiger charge is 2.32. The maximum Gasteiger partial charge on any atom is 0.239 e. The number of ether oxygens (including phenoxy) is 1. The highest BCUT2D eigenvalue weighted by Crippen LogP contribution is 2.23. The van der Waals surface area contributed by atoms with E-state index in [-0.39, 0.29) is 12.0 Å². The zero-order valence-electron chi connectivity index (χ0n) is 12.6. The van der Waals surface area contributed by atoms with Crippen LogP contribution in [0.1, 0.15) is 6.92 Å². The second kappa shape index (κ2) is 6.67. The van der Waals surface area contributed by atoms with Crippen LogP contribution in [0.25, 0.3) is 11.3 Å². The molecule has 0 unspecified atom stereocenters. The summed E-state index contributed by atoms with van der Waals surface area (Å²) in [7, 11) is 0. The number of nitrogens with one attached hydrogen (secondary N) is 1. The predicted molar refractivity (Wildman–Crippen MR) is 82.2 cm³/mol. The summed E-state index contributed by atoms with van der Waals surface area (Å²) in [5.74, 6) is 0.467. The van der Waals surface area contributed by atoms with E-state index in [0.29, 0.717) is 18.9 Å². The first-order valence-corrected chi connectivity index (χ1v) is 7.20. The van der Waals surface area contributed by atoms with Gasteiger partial charge in [-0.3, -0.25) is 4.79 Å². The van der Waals surface area contributed by atoms with Crippen molar-refractivity contribution in [1.29, 1.82) is 0 Å². The van der Waals surface area contributed by atoms with Gasteiger partial charge in [-0.2, -0.15) is 0 Å². The van der Waals surface area contributed by atoms with Gasteiger partial charge in [-0.15, -0.1) is 0 Å². The summed E-state index contributed by atoms with van der Waals surface area (Å²) in [6, 6.07) is 5.47. The molecule has 0 radical (unpaired) electrons. The molecule has 8 heteroatoms. The third kappa shape index (κ3) is 3.61. The molecular weight excluding hydrogens is 298 g/mol. The largest absolute Gasteiger partial charge is 0.354 e. The SMILES string of the molecule is CC(=O)NC[C@H]1CN(c2ccc(-c3ccncn3)cn2)[C@@H](O)O1. The second-order valence-corrected chi connectivity index (χ2v) is 5.17. The van der Waals surface area contributed by atoms with Crippen LogP contribution in [0.5, 0.6) is 0 Å². The maximum absolute atomic E-state index is 10.9. The molecule has 1 aliphatic heterocycles. The Kier molecular flexibility index (Phi) is 4.45. The second-order valence-electron chi connectivity index (χ2n) is 5.17. The van der Waals surface area contributed by atoms with Crippen LogP contribution in [0.15, 0.2) is 36.9 Å². The minimum Gasteiger partial charge on any atom is -0.354 e. The van der Waals surface area contributed by atoms with Crippen molar-refractivity contribution in [2.75, 3.05) is 18.0 Å². The average Bonchev–Trinajstić information content (AvgIpc) is 2.95. The molecule has 23 heavy (non-hydrogen) atoms. The number of aliphatic hydroxyl groups excluding tert-OH is 1. The lowest BCUT2D eigenvalue weighted by molar-refractivity contribution is -0.121. The molecule has 1 saturated heterocycles. The van der Waals surface area contributed by atoms with Crippen molar-refractivity contribution < 1.29 is 14.6 Å². The number of hydrogen-bond donors (Lipinski definition) is 2. The van der Waals surface area contributed by atoms with Gasteiger partial charge in [-0.05, 0) is 18.2 Å². The zero-order valence-corrected chi connectivity index (χ0v) is 12.6. The summed E-state index contributed by atoms with van der Waals surface area (Å²) in [6.07, 6.45) is 3.48. The monoisotopic (exact) mass is 315 g/mol. The first-order valence-electron chi connectivity index (χ1n) is 7.20. The van der Waals surface area contributed by atoms with E-state index >= 15 is 0 Å². The van der Waals surface area contributed by atoms with E-state index in [0.717, 1.165) is 11.3 Å². The normalized spacial score (nSPS) is 20.5. The minimum absolute atomic E-state index is 0.131. The van der Waals surface area contributed by atoms with Crippen LogP contribution in [-0.4, -0.2) is 51.6 Å². The number of amides is 1. The van der Waals surface area contributed by atoms with Gasteiger partial charge in [0, 0.05) is 31.4 Å². The Hall–Kier alpha value is -2.58. The van der Waals surface area contributed by atoms with Crippen LogP contribution >= 0.6 is 0 Å². The summed E-state index contributed by atoms with van der Waals surface area (Å²) in [5.41, 5.74) is 1.64. The Balaban J connectivity index is 1.69. The van der Waals surface area contributed by atoms with Crippen molar-refractivity contribution in [2.24, 2.45) is 0 Å². The molecule has 1 fully saturated rings. The molecule has 0 saturated carbocycles. The number of hydrogen-bond acceptors (Lipinski definition) is 7. The molecule has 0 spiro atoms. The molecule has 3 rings (SSSR count). The van der Waals surface area contributed by atoms with E-state index in [1.54, 1.807) is 29.4 Å². The summed E-state index contributed by atoms with van der Waals surface area (Å²) in [5, 5.41) is 12.7. The quantitative estimate of drug-likeness (QED) is 0.828. The molecule has 2 aromatic rings. The molecule has 0 aliphatic carbocycles. The van der Waals surface area contributed by atoms with Crippen LogP contribution < -0.4 is 10.2 Å². The lowest BCUT2D eigenvalue weighted by Crippen LogP contribution is -2.33. The maximum atomic E-state index is 10.9. The molecule has 1 amide bonds. The van der Waals surface area contributed by atoms with Crippen molar-refractivity contribution in [1.82, 2.24) is 20.3 Å². The van der Waals surface area contributed by atoms with E-state index < -0.39 is 6.41 Å². The summed E-state index contributed by atoms with van der Waals surface area (Å²) in [4.78, 5) is 25.0. The van der Waals surface area contributed by atoms with Crippen molar-refractivity contribution in [3.8, 4) is 11.3 Å². The highest BCUT2D eigenvalue weighted by atomic mass is 16.6.